The Hall–Kier alpha value is -2.00. The Morgan fingerprint density at radius 1 is 1.17 bits per heavy atom. The van der Waals surface area contributed by atoms with Gasteiger partial charge in [-0.05, 0) is 64.0 Å². The van der Waals surface area contributed by atoms with Gasteiger partial charge < -0.3 is 9.47 Å². The van der Waals surface area contributed by atoms with Gasteiger partial charge in [0.15, 0.2) is 11.5 Å². The summed E-state index contributed by atoms with van der Waals surface area (Å²) in [5.41, 5.74) is 8.33. The third-order valence-corrected chi connectivity index (χ3v) is 6.06. The quantitative estimate of drug-likeness (QED) is 0.664. The summed E-state index contributed by atoms with van der Waals surface area (Å²) in [7, 11) is 0. The van der Waals surface area contributed by atoms with Crippen LogP contribution in [0, 0.1) is 0 Å². The van der Waals surface area contributed by atoms with E-state index in [1.165, 1.54) is 33.4 Å². The van der Waals surface area contributed by atoms with Crippen LogP contribution in [0.5, 0.6) is 11.5 Å². The molecule has 0 amide bonds. The minimum absolute atomic E-state index is 0.310. The Morgan fingerprint density at radius 2 is 2.04 bits per heavy atom. The van der Waals surface area contributed by atoms with Crippen molar-refractivity contribution in [3.05, 3.63) is 68.2 Å². The topological polar surface area (TPSA) is 18.5 Å². The zero-order valence-corrected chi connectivity index (χ0v) is 15.0. The zero-order valence-electron chi connectivity index (χ0n) is 13.4. The van der Waals surface area contributed by atoms with Crippen molar-refractivity contribution in [1.29, 1.82) is 0 Å². The van der Waals surface area contributed by atoms with Gasteiger partial charge in [0.25, 0.3) is 0 Å². The SMILES string of the molecule is CC1=Cc2c(cc3c(c2Br)OCO3)C1CC1=Cc2ccccc2C1. The summed E-state index contributed by atoms with van der Waals surface area (Å²) in [5.74, 6) is 2.12. The van der Waals surface area contributed by atoms with Crippen LogP contribution in [0.2, 0.25) is 0 Å². The molecule has 2 aliphatic carbocycles. The first-order valence-corrected chi connectivity index (χ1v) is 9.07. The maximum atomic E-state index is 5.62. The first-order valence-electron chi connectivity index (χ1n) is 8.28. The molecule has 1 heterocycles. The van der Waals surface area contributed by atoms with Gasteiger partial charge in [0.1, 0.15) is 0 Å². The molecule has 2 aromatic rings. The number of ether oxygens (including phenoxy) is 2. The number of hydrogen-bond donors (Lipinski definition) is 0. The van der Waals surface area contributed by atoms with Gasteiger partial charge in [-0.25, -0.2) is 0 Å². The van der Waals surface area contributed by atoms with Crippen LogP contribution in [0.3, 0.4) is 0 Å². The summed E-state index contributed by atoms with van der Waals surface area (Å²) >= 11 is 3.71. The smallest absolute Gasteiger partial charge is 0.231 e. The van der Waals surface area contributed by atoms with Gasteiger partial charge in [0.2, 0.25) is 6.79 Å². The van der Waals surface area contributed by atoms with E-state index in [9.17, 15) is 0 Å². The van der Waals surface area contributed by atoms with Crippen LogP contribution in [0.15, 0.2) is 46.0 Å². The maximum absolute atomic E-state index is 5.62. The molecule has 3 heteroatoms. The lowest BCUT2D eigenvalue weighted by Crippen LogP contribution is -2.00. The molecule has 0 aromatic heterocycles. The second-order valence-corrected chi connectivity index (χ2v) is 7.54. The van der Waals surface area contributed by atoms with Gasteiger partial charge in [-0.15, -0.1) is 0 Å². The molecule has 0 N–H and O–H groups in total. The summed E-state index contributed by atoms with van der Waals surface area (Å²) in [6, 6.07) is 10.9. The second kappa shape index (κ2) is 5.25. The summed E-state index contributed by atoms with van der Waals surface area (Å²) in [6.45, 7) is 2.54. The summed E-state index contributed by atoms with van der Waals surface area (Å²) in [4.78, 5) is 0. The lowest BCUT2D eigenvalue weighted by atomic mass is 9.89. The average molecular weight is 381 g/mol. The standard InChI is InChI=1S/C21H17BrO2/c1-12-6-18-17(10-19-21(20(18)22)24-11-23-19)16(12)9-13-7-14-4-2-3-5-15(14)8-13/h2-7,10,16H,8-9,11H2,1H3. The number of hydrogen-bond acceptors (Lipinski definition) is 2. The van der Waals surface area contributed by atoms with E-state index in [4.69, 9.17) is 9.47 Å². The van der Waals surface area contributed by atoms with E-state index < -0.39 is 0 Å². The highest BCUT2D eigenvalue weighted by Crippen LogP contribution is 2.51. The third-order valence-electron chi connectivity index (χ3n) is 5.27. The van der Waals surface area contributed by atoms with Crippen LogP contribution in [0.4, 0.5) is 0 Å². The molecule has 2 aromatic carbocycles. The van der Waals surface area contributed by atoms with Gasteiger partial charge >= 0.3 is 0 Å². The van der Waals surface area contributed by atoms with Gasteiger partial charge in [-0.2, -0.15) is 0 Å². The molecule has 0 spiro atoms. The van der Waals surface area contributed by atoms with Gasteiger partial charge in [0, 0.05) is 5.92 Å². The summed E-state index contributed by atoms with van der Waals surface area (Å²) < 4.78 is 12.2. The van der Waals surface area contributed by atoms with Crippen molar-refractivity contribution in [3.8, 4) is 11.5 Å². The van der Waals surface area contributed by atoms with E-state index in [2.05, 4.69) is 65.3 Å². The molecular weight excluding hydrogens is 364 g/mol. The molecule has 2 nitrogen and oxygen atoms in total. The Balaban J connectivity index is 1.50. The largest absolute Gasteiger partial charge is 0.454 e. The lowest BCUT2D eigenvalue weighted by Gasteiger charge is -2.16. The van der Waals surface area contributed by atoms with Crippen molar-refractivity contribution in [3.63, 3.8) is 0 Å². The molecule has 0 fully saturated rings. The molecule has 24 heavy (non-hydrogen) atoms. The van der Waals surface area contributed by atoms with Crippen LogP contribution in [-0.4, -0.2) is 6.79 Å². The molecule has 0 saturated carbocycles. The zero-order chi connectivity index (χ0) is 16.3. The molecule has 3 aliphatic rings. The van der Waals surface area contributed by atoms with Gasteiger partial charge in [-0.1, -0.05) is 47.6 Å². The molecule has 0 bridgehead atoms. The predicted molar refractivity (Wildman–Crippen MR) is 99.4 cm³/mol. The highest BCUT2D eigenvalue weighted by atomic mass is 79.9. The van der Waals surface area contributed by atoms with Crippen LogP contribution in [0.1, 0.15) is 41.5 Å². The maximum Gasteiger partial charge on any atom is 0.231 e. The highest BCUT2D eigenvalue weighted by molar-refractivity contribution is 9.10. The first-order chi connectivity index (χ1) is 11.7. The molecular formula is C21H17BrO2. The fourth-order valence-corrected chi connectivity index (χ4v) is 4.71. The lowest BCUT2D eigenvalue weighted by molar-refractivity contribution is 0.173. The third kappa shape index (κ3) is 2.07. The van der Waals surface area contributed by atoms with E-state index in [0.29, 0.717) is 12.7 Å². The van der Waals surface area contributed by atoms with Crippen molar-refractivity contribution in [2.45, 2.75) is 25.7 Å². The number of benzene rings is 2. The molecule has 120 valence electrons. The Labute approximate surface area is 149 Å². The van der Waals surface area contributed by atoms with Gasteiger partial charge in [-0.3, -0.25) is 0 Å². The average Bonchev–Trinajstić information content (AvgIpc) is 3.27. The summed E-state index contributed by atoms with van der Waals surface area (Å²) in [5, 5.41) is 0. The molecule has 1 aliphatic heterocycles. The number of halogens is 1. The molecule has 1 atom stereocenters. The highest BCUT2D eigenvalue weighted by Gasteiger charge is 2.31. The molecule has 1 unspecified atom stereocenters. The number of rotatable bonds is 2. The van der Waals surface area contributed by atoms with Crippen molar-refractivity contribution in [2.75, 3.05) is 6.79 Å². The minimum Gasteiger partial charge on any atom is -0.454 e. The molecule has 0 radical (unpaired) electrons. The van der Waals surface area contributed by atoms with E-state index in [1.54, 1.807) is 0 Å². The molecule has 0 saturated heterocycles. The summed E-state index contributed by atoms with van der Waals surface area (Å²) in [6.07, 6.45) is 6.79. The number of allylic oxidation sites excluding steroid dienone is 2. The Bertz CT molecular complexity index is 924. The van der Waals surface area contributed by atoms with E-state index in [1.807, 2.05) is 0 Å². The van der Waals surface area contributed by atoms with Crippen molar-refractivity contribution < 1.29 is 9.47 Å². The van der Waals surface area contributed by atoms with Crippen molar-refractivity contribution in [2.24, 2.45) is 0 Å². The van der Waals surface area contributed by atoms with Crippen LogP contribution in [-0.2, 0) is 6.42 Å². The van der Waals surface area contributed by atoms with E-state index in [-0.39, 0.29) is 0 Å². The Morgan fingerprint density at radius 3 is 2.92 bits per heavy atom. The van der Waals surface area contributed by atoms with Crippen LogP contribution in [0.25, 0.3) is 12.2 Å². The van der Waals surface area contributed by atoms with Crippen LogP contribution < -0.4 is 9.47 Å². The number of fused-ring (bicyclic) bond motifs is 3. The van der Waals surface area contributed by atoms with Gasteiger partial charge in [0.05, 0.1) is 4.47 Å². The van der Waals surface area contributed by atoms with Crippen LogP contribution >= 0.6 is 15.9 Å². The molecule has 5 rings (SSSR count). The van der Waals surface area contributed by atoms with Crippen molar-refractivity contribution >= 4 is 28.1 Å². The normalized spacial score (nSPS) is 19.8. The second-order valence-electron chi connectivity index (χ2n) is 6.75. The van der Waals surface area contributed by atoms with E-state index in [0.717, 1.165) is 28.8 Å². The fourth-order valence-electron chi connectivity index (χ4n) is 4.06. The Kier molecular flexibility index (Phi) is 3.14. The predicted octanol–water partition coefficient (Wildman–Crippen LogP) is 5.71. The monoisotopic (exact) mass is 380 g/mol. The van der Waals surface area contributed by atoms with E-state index >= 15 is 0 Å². The fraction of sp³-hybridized carbons (Fsp3) is 0.238. The minimum atomic E-state index is 0.310. The first kappa shape index (κ1) is 14.4. The van der Waals surface area contributed by atoms with Crippen molar-refractivity contribution in [1.82, 2.24) is 0 Å².